The molecular weight excluding hydrogens is 431 g/mol. The predicted molar refractivity (Wildman–Crippen MR) is 123 cm³/mol. The fourth-order valence-electron chi connectivity index (χ4n) is 3.86. The Balaban J connectivity index is 1.74. The van der Waals surface area contributed by atoms with Crippen molar-refractivity contribution in [3.8, 4) is 5.69 Å². The maximum Gasteiger partial charge on any atom is 0.263 e. The van der Waals surface area contributed by atoms with Gasteiger partial charge in [-0.3, -0.25) is 9.36 Å². The number of fused-ring (bicyclic) bond motifs is 2. The Bertz CT molecular complexity index is 1510. The largest absolute Gasteiger partial charge is 0.360 e. The molecule has 32 heavy (non-hydrogen) atoms. The van der Waals surface area contributed by atoms with Crippen molar-refractivity contribution in [1.29, 1.82) is 0 Å². The number of rotatable bonds is 5. The van der Waals surface area contributed by atoms with E-state index in [9.17, 15) is 9.18 Å². The van der Waals surface area contributed by atoms with Gasteiger partial charge in [-0.15, -0.1) is 0 Å². The molecular formula is C23H18ClFN6O. The summed E-state index contributed by atoms with van der Waals surface area (Å²) in [5.41, 5.74) is 2.18. The van der Waals surface area contributed by atoms with Crippen LogP contribution in [0.3, 0.4) is 0 Å². The van der Waals surface area contributed by atoms with E-state index in [1.165, 1.54) is 18.5 Å². The number of hydrogen-bond donors (Lipinski definition) is 2. The smallest absolute Gasteiger partial charge is 0.263 e. The van der Waals surface area contributed by atoms with Crippen molar-refractivity contribution in [3.63, 3.8) is 0 Å². The van der Waals surface area contributed by atoms with Crippen molar-refractivity contribution in [2.45, 2.75) is 19.4 Å². The molecule has 0 aliphatic rings. The lowest BCUT2D eigenvalue weighted by atomic mass is 10.0. The van der Waals surface area contributed by atoms with Crippen molar-refractivity contribution in [2.75, 3.05) is 5.32 Å². The van der Waals surface area contributed by atoms with Crippen LogP contribution in [0.25, 0.3) is 27.6 Å². The number of aromatic nitrogens is 5. The standard InChI is InChI=1S/C23H18ClFN6O/c1-2-18(30-22-20-21(27-11-26-20)28-12-29-22)19-8-13-6-7-15(25)10-17(13)23(32)31(19)16-5-3-4-14(24)9-16/h3-12,18H,2H2,1H3,(H2,26,27,28,29,30)/t18-/m1/s1. The average molecular weight is 449 g/mol. The monoisotopic (exact) mass is 448 g/mol. The number of H-pyrrole nitrogens is 1. The summed E-state index contributed by atoms with van der Waals surface area (Å²) in [5.74, 6) is 0.108. The molecule has 0 aliphatic carbocycles. The average Bonchev–Trinajstić information content (AvgIpc) is 3.27. The number of pyridine rings is 1. The third-order valence-electron chi connectivity index (χ3n) is 5.38. The molecule has 0 saturated heterocycles. The number of aromatic amines is 1. The van der Waals surface area contributed by atoms with Crippen molar-refractivity contribution >= 4 is 39.4 Å². The number of imidazole rings is 1. The third-order valence-corrected chi connectivity index (χ3v) is 5.61. The van der Waals surface area contributed by atoms with Gasteiger partial charge in [0.05, 0.1) is 23.4 Å². The summed E-state index contributed by atoms with van der Waals surface area (Å²) in [5, 5.41) is 4.85. The summed E-state index contributed by atoms with van der Waals surface area (Å²) >= 11 is 6.22. The highest BCUT2D eigenvalue weighted by molar-refractivity contribution is 6.30. The van der Waals surface area contributed by atoms with Crippen LogP contribution in [0.2, 0.25) is 5.02 Å². The molecule has 0 amide bonds. The molecule has 0 spiro atoms. The first-order valence-electron chi connectivity index (χ1n) is 10.1. The van der Waals surface area contributed by atoms with Crippen molar-refractivity contribution < 1.29 is 4.39 Å². The fourth-order valence-corrected chi connectivity index (χ4v) is 4.05. The molecule has 1 atom stereocenters. The van der Waals surface area contributed by atoms with Crippen molar-refractivity contribution in [2.24, 2.45) is 0 Å². The zero-order chi connectivity index (χ0) is 22.2. The van der Waals surface area contributed by atoms with Crippen LogP contribution in [-0.4, -0.2) is 24.5 Å². The summed E-state index contributed by atoms with van der Waals surface area (Å²) in [4.78, 5) is 29.3. The zero-order valence-corrected chi connectivity index (χ0v) is 17.8. The number of benzene rings is 2. The second-order valence-electron chi connectivity index (χ2n) is 7.35. The van der Waals surface area contributed by atoms with Crippen molar-refractivity contribution in [1.82, 2.24) is 24.5 Å². The van der Waals surface area contributed by atoms with Crippen LogP contribution in [0.4, 0.5) is 10.2 Å². The van der Waals surface area contributed by atoms with Gasteiger partial charge in [-0.25, -0.2) is 19.3 Å². The predicted octanol–water partition coefficient (Wildman–Crippen LogP) is 5.01. The van der Waals surface area contributed by atoms with Crippen LogP contribution in [-0.2, 0) is 0 Å². The van der Waals surface area contributed by atoms with E-state index in [4.69, 9.17) is 11.6 Å². The van der Waals surface area contributed by atoms with E-state index in [-0.39, 0.29) is 11.6 Å². The molecule has 2 aromatic carbocycles. The Kier molecular flexibility index (Phi) is 5.07. The Morgan fingerprint density at radius 2 is 2.03 bits per heavy atom. The number of nitrogens with zero attached hydrogens (tertiary/aromatic N) is 4. The maximum absolute atomic E-state index is 13.9. The van der Waals surface area contributed by atoms with Gasteiger partial charge in [0.2, 0.25) is 0 Å². The lowest BCUT2D eigenvalue weighted by molar-refractivity contribution is 0.629. The van der Waals surface area contributed by atoms with E-state index < -0.39 is 5.82 Å². The highest BCUT2D eigenvalue weighted by Gasteiger charge is 2.20. The Labute approximate surface area is 186 Å². The van der Waals surface area contributed by atoms with E-state index in [0.29, 0.717) is 50.6 Å². The van der Waals surface area contributed by atoms with Crippen LogP contribution in [0.5, 0.6) is 0 Å². The molecule has 3 aromatic heterocycles. The first-order chi connectivity index (χ1) is 15.5. The minimum atomic E-state index is -0.465. The van der Waals surface area contributed by atoms with Gasteiger partial charge in [-0.2, -0.15) is 0 Å². The number of halogens is 2. The molecule has 3 heterocycles. The van der Waals surface area contributed by atoms with Crippen LogP contribution >= 0.6 is 11.6 Å². The van der Waals surface area contributed by atoms with Crippen molar-refractivity contribution in [3.05, 3.63) is 88.1 Å². The Morgan fingerprint density at radius 3 is 2.84 bits per heavy atom. The summed E-state index contributed by atoms with van der Waals surface area (Å²) < 4.78 is 15.5. The Hall–Kier alpha value is -3.78. The molecule has 5 aromatic rings. The van der Waals surface area contributed by atoms with E-state index in [0.717, 1.165) is 0 Å². The van der Waals surface area contributed by atoms with Gasteiger partial charge in [0, 0.05) is 10.7 Å². The summed E-state index contributed by atoms with van der Waals surface area (Å²) in [7, 11) is 0. The van der Waals surface area contributed by atoms with Gasteiger partial charge in [0.25, 0.3) is 5.56 Å². The van der Waals surface area contributed by atoms with Crippen LogP contribution in [0.15, 0.2) is 66.0 Å². The highest BCUT2D eigenvalue weighted by Crippen LogP contribution is 2.28. The molecule has 2 N–H and O–H groups in total. The van der Waals surface area contributed by atoms with Gasteiger partial charge in [0.15, 0.2) is 11.5 Å². The van der Waals surface area contributed by atoms with E-state index in [1.807, 2.05) is 13.0 Å². The molecule has 5 rings (SSSR count). The first-order valence-corrected chi connectivity index (χ1v) is 10.4. The summed E-state index contributed by atoms with van der Waals surface area (Å²) in [6, 6.07) is 12.8. The SMILES string of the molecule is CC[C@@H](Nc1ncnc2nc[nH]c12)c1cc2ccc(F)cc2c(=O)n1-c1cccc(Cl)c1. The number of nitrogens with one attached hydrogen (secondary N) is 2. The quantitative estimate of drug-likeness (QED) is 0.394. The lowest BCUT2D eigenvalue weighted by Crippen LogP contribution is -2.26. The molecule has 0 bridgehead atoms. The van der Waals surface area contributed by atoms with E-state index >= 15 is 0 Å². The van der Waals surface area contributed by atoms with Gasteiger partial charge in [-0.1, -0.05) is 30.7 Å². The molecule has 7 nitrogen and oxygen atoms in total. The van der Waals surface area contributed by atoms with Gasteiger partial charge in [0.1, 0.15) is 17.7 Å². The second kappa shape index (κ2) is 8.05. The van der Waals surface area contributed by atoms with Gasteiger partial charge >= 0.3 is 0 Å². The van der Waals surface area contributed by atoms with Crippen LogP contribution in [0, 0.1) is 5.82 Å². The zero-order valence-electron chi connectivity index (χ0n) is 17.0. The highest BCUT2D eigenvalue weighted by atomic mass is 35.5. The normalized spacial score (nSPS) is 12.3. The molecule has 9 heteroatoms. The molecule has 0 aliphatic heterocycles. The number of anilines is 1. The maximum atomic E-state index is 13.9. The molecule has 0 unspecified atom stereocenters. The molecule has 0 saturated carbocycles. The van der Waals surface area contributed by atoms with Crippen LogP contribution in [0.1, 0.15) is 25.1 Å². The van der Waals surface area contributed by atoms with E-state index in [1.54, 1.807) is 41.2 Å². The molecule has 0 fully saturated rings. The topological polar surface area (TPSA) is 88.5 Å². The minimum Gasteiger partial charge on any atom is -0.360 e. The minimum absolute atomic E-state index is 0.293. The molecule has 160 valence electrons. The Morgan fingerprint density at radius 1 is 1.16 bits per heavy atom. The number of hydrogen-bond acceptors (Lipinski definition) is 5. The first kappa shape index (κ1) is 20.1. The summed E-state index contributed by atoms with van der Waals surface area (Å²) in [6.07, 6.45) is 3.63. The van der Waals surface area contributed by atoms with Gasteiger partial charge < -0.3 is 10.3 Å². The third kappa shape index (κ3) is 3.48. The summed E-state index contributed by atoms with van der Waals surface area (Å²) in [6.45, 7) is 2.00. The fraction of sp³-hybridized carbons (Fsp3) is 0.130. The molecule has 0 radical (unpaired) electrons. The van der Waals surface area contributed by atoms with Gasteiger partial charge in [-0.05, 0) is 48.2 Å². The lowest BCUT2D eigenvalue weighted by Gasteiger charge is -2.23. The van der Waals surface area contributed by atoms with E-state index in [2.05, 4.69) is 25.3 Å². The van der Waals surface area contributed by atoms with Crippen LogP contribution < -0.4 is 10.9 Å². The second-order valence-corrected chi connectivity index (χ2v) is 7.79.